The fourth-order valence-corrected chi connectivity index (χ4v) is 2.08. The number of aromatic amines is 1. The molecule has 3 N–H and O–H groups in total. The van der Waals surface area contributed by atoms with E-state index in [0.717, 1.165) is 35.6 Å². The number of benzene rings is 1. The van der Waals surface area contributed by atoms with Gasteiger partial charge in [-0.15, -0.1) is 0 Å². The fourth-order valence-electron chi connectivity index (χ4n) is 2.08. The Morgan fingerprint density at radius 3 is 3.06 bits per heavy atom. The second-order valence-electron chi connectivity index (χ2n) is 4.00. The summed E-state index contributed by atoms with van der Waals surface area (Å²) in [6, 6.07) is 6.15. The van der Waals surface area contributed by atoms with Gasteiger partial charge in [0.15, 0.2) is 0 Å². The van der Waals surface area contributed by atoms with Crippen molar-refractivity contribution in [2.24, 2.45) is 0 Å². The number of nitrogen functional groups attached to an aromatic ring is 1. The quantitative estimate of drug-likeness (QED) is 0.763. The summed E-state index contributed by atoms with van der Waals surface area (Å²) in [6.45, 7) is 2.72. The van der Waals surface area contributed by atoms with Crippen LogP contribution in [0.25, 0.3) is 11.3 Å². The number of H-pyrrole nitrogens is 1. The van der Waals surface area contributed by atoms with Gasteiger partial charge in [0, 0.05) is 17.5 Å². The van der Waals surface area contributed by atoms with Crippen molar-refractivity contribution in [1.29, 1.82) is 0 Å². The first-order valence-corrected chi connectivity index (χ1v) is 5.33. The molecule has 0 amide bonds. The molecule has 16 heavy (non-hydrogen) atoms. The minimum atomic E-state index is 0.616. The Morgan fingerprint density at radius 1 is 1.44 bits per heavy atom. The van der Waals surface area contributed by atoms with Gasteiger partial charge in [-0.2, -0.15) is 5.10 Å². The van der Waals surface area contributed by atoms with Gasteiger partial charge in [-0.05, 0) is 18.6 Å². The molecule has 1 aromatic carbocycles. The van der Waals surface area contributed by atoms with Crippen LogP contribution in [0, 0.1) is 6.92 Å². The predicted molar refractivity (Wildman–Crippen MR) is 62.4 cm³/mol. The van der Waals surface area contributed by atoms with Crippen LogP contribution in [0.2, 0.25) is 0 Å². The maximum atomic E-state index is 5.76. The number of fused-ring (bicyclic) bond motifs is 1. The van der Waals surface area contributed by atoms with Crippen LogP contribution in [0.3, 0.4) is 0 Å². The van der Waals surface area contributed by atoms with Crippen molar-refractivity contribution in [3.8, 4) is 17.0 Å². The minimum absolute atomic E-state index is 0.616. The lowest BCUT2D eigenvalue weighted by atomic mass is 10.0. The molecule has 2 aromatic rings. The molecule has 0 radical (unpaired) electrons. The van der Waals surface area contributed by atoms with Crippen molar-refractivity contribution < 1.29 is 4.74 Å². The van der Waals surface area contributed by atoms with E-state index in [9.17, 15) is 0 Å². The van der Waals surface area contributed by atoms with E-state index < -0.39 is 0 Å². The van der Waals surface area contributed by atoms with E-state index in [-0.39, 0.29) is 0 Å². The smallest absolute Gasteiger partial charge is 0.132 e. The van der Waals surface area contributed by atoms with Gasteiger partial charge in [-0.3, -0.25) is 5.10 Å². The van der Waals surface area contributed by atoms with E-state index in [1.165, 1.54) is 5.56 Å². The Labute approximate surface area is 93.4 Å². The molecule has 1 aliphatic heterocycles. The predicted octanol–water partition coefficient (Wildman–Crippen LogP) is 1.90. The molecule has 0 aliphatic carbocycles. The maximum Gasteiger partial charge on any atom is 0.132 e. The van der Waals surface area contributed by atoms with Gasteiger partial charge >= 0.3 is 0 Å². The lowest BCUT2D eigenvalue weighted by Crippen LogP contribution is -1.90. The number of rotatable bonds is 1. The van der Waals surface area contributed by atoms with E-state index in [4.69, 9.17) is 10.5 Å². The van der Waals surface area contributed by atoms with Crippen molar-refractivity contribution in [3.05, 3.63) is 29.3 Å². The number of nitrogens with one attached hydrogen (secondary N) is 1. The monoisotopic (exact) mass is 215 g/mol. The average molecular weight is 215 g/mol. The summed E-state index contributed by atoms with van der Waals surface area (Å²) in [5.74, 6) is 1.57. The molecule has 0 bridgehead atoms. The van der Waals surface area contributed by atoms with Crippen molar-refractivity contribution in [2.45, 2.75) is 13.3 Å². The summed E-state index contributed by atoms with van der Waals surface area (Å²) < 4.78 is 5.65. The normalized spacial score (nSPS) is 13.6. The van der Waals surface area contributed by atoms with Crippen LogP contribution < -0.4 is 10.5 Å². The molecular weight excluding hydrogens is 202 g/mol. The van der Waals surface area contributed by atoms with Crippen LogP contribution in [-0.4, -0.2) is 16.8 Å². The SMILES string of the molecule is Cc1c(-c2cccc3c2OCC3)n[nH]c1N. The van der Waals surface area contributed by atoms with E-state index in [1.807, 2.05) is 19.1 Å². The number of para-hydroxylation sites is 1. The zero-order chi connectivity index (χ0) is 11.1. The molecule has 4 nitrogen and oxygen atoms in total. The Balaban J connectivity index is 2.21. The zero-order valence-electron chi connectivity index (χ0n) is 9.08. The van der Waals surface area contributed by atoms with Crippen molar-refractivity contribution in [3.63, 3.8) is 0 Å². The van der Waals surface area contributed by atoms with Crippen molar-refractivity contribution >= 4 is 5.82 Å². The third kappa shape index (κ3) is 1.19. The number of ether oxygens (including phenoxy) is 1. The van der Waals surface area contributed by atoms with E-state index >= 15 is 0 Å². The number of nitrogens with two attached hydrogens (primary N) is 1. The van der Waals surface area contributed by atoms with Crippen LogP contribution in [0.1, 0.15) is 11.1 Å². The van der Waals surface area contributed by atoms with Gasteiger partial charge in [-0.1, -0.05) is 12.1 Å². The molecule has 1 aliphatic rings. The van der Waals surface area contributed by atoms with Crippen LogP contribution in [0.5, 0.6) is 5.75 Å². The van der Waals surface area contributed by atoms with Gasteiger partial charge in [0.05, 0.1) is 6.61 Å². The highest BCUT2D eigenvalue weighted by molar-refractivity contribution is 5.74. The molecule has 0 atom stereocenters. The standard InChI is InChI=1S/C12H13N3O/c1-7-10(14-15-12(7)13)9-4-2-3-8-5-6-16-11(8)9/h2-4H,5-6H2,1H3,(H3,13,14,15). The third-order valence-corrected chi connectivity index (χ3v) is 3.02. The first kappa shape index (κ1) is 9.27. The van der Waals surface area contributed by atoms with E-state index in [1.54, 1.807) is 0 Å². The maximum absolute atomic E-state index is 5.76. The number of anilines is 1. The van der Waals surface area contributed by atoms with Crippen LogP contribution in [0.4, 0.5) is 5.82 Å². The second-order valence-corrected chi connectivity index (χ2v) is 4.00. The molecule has 4 heteroatoms. The van der Waals surface area contributed by atoms with Gasteiger partial charge in [0.25, 0.3) is 0 Å². The molecular formula is C12H13N3O. The molecule has 2 heterocycles. The lowest BCUT2D eigenvalue weighted by molar-refractivity contribution is 0.358. The van der Waals surface area contributed by atoms with Crippen LogP contribution >= 0.6 is 0 Å². The van der Waals surface area contributed by atoms with Gasteiger partial charge in [0.2, 0.25) is 0 Å². The third-order valence-electron chi connectivity index (χ3n) is 3.02. The summed E-state index contributed by atoms with van der Waals surface area (Å²) in [6.07, 6.45) is 0.974. The first-order valence-electron chi connectivity index (χ1n) is 5.33. The van der Waals surface area contributed by atoms with Crippen molar-refractivity contribution in [1.82, 2.24) is 10.2 Å². The molecule has 0 spiro atoms. The molecule has 0 saturated heterocycles. The Morgan fingerprint density at radius 2 is 2.31 bits per heavy atom. The molecule has 1 aromatic heterocycles. The van der Waals surface area contributed by atoms with E-state index in [0.29, 0.717) is 5.82 Å². The minimum Gasteiger partial charge on any atom is -0.492 e. The number of hydrogen-bond acceptors (Lipinski definition) is 3. The van der Waals surface area contributed by atoms with Crippen molar-refractivity contribution in [2.75, 3.05) is 12.3 Å². The Bertz CT molecular complexity index is 545. The second kappa shape index (κ2) is 3.27. The van der Waals surface area contributed by atoms with E-state index in [2.05, 4.69) is 16.3 Å². The molecule has 3 rings (SSSR count). The summed E-state index contributed by atoms with van der Waals surface area (Å²) in [4.78, 5) is 0. The van der Waals surface area contributed by atoms with Crippen LogP contribution in [0.15, 0.2) is 18.2 Å². The number of aromatic nitrogens is 2. The Hall–Kier alpha value is -1.97. The largest absolute Gasteiger partial charge is 0.492 e. The van der Waals surface area contributed by atoms with Gasteiger partial charge < -0.3 is 10.5 Å². The summed E-state index contributed by atoms with van der Waals surface area (Å²) in [5.41, 5.74) is 9.90. The molecule has 0 fully saturated rings. The summed E-state index contributed by atoms with van der Waals surface area (Å²) >= 11 is 0. The van der Waals surface area contributed by atoms with Gasteiger partial charge in [-0.25, -0.2) is 0 Å². The van der Waals surface area contributed by atoms with Gasteiger partial charge in [0.1, 0.15) is 17.3 Å². The Kier molecular flexibility index (Phi) is 1.89. The summed E-state index contributed by atoms with van der Waals surface area (Å²) in [5, 5.41) is 7.03. The number of nitrogens with zero attached hydrogens (tertiary/aromatic N) is 1. The molecule has 82 valence electrons. The highest BCUT2D eigenvalue weighted by atomic mass is 16.5. The molecule has 0 saturated carbocycles. The summed E-state index contributed by atoms with van der Waals surface area (Å²) in [7, 11) is 0. The first-order chi connectivity index (χ1) is 7.77. The highest BCUT2D eigenvalue weighted by Crippen LogP contribution is 2.37. The fraction of sp³-hybridized carbons (Fsp3) is 0.250. The molecule has 0 unspecified atom stereocenters. The lowest BCUT2D eigenvalue weighted by Gasteiger charge is -2.06. The highest BCUT2D eigenvalue weighted by Gasteiger charge is 2.20. The average Bonchev–Trinajstić information content (AvgIpc) is 2.87. The topological polar surface area (TPSA) is 63.9 Å². The zero-order valence-corrected chi connectivity index (χ0v) is 9.08. The van der Waals surface area contributed by atoms with Crippen LogP contribution in [-0.2, 0) is 6.42 Å². The number of hydrogen-bond donors (Lipinski definition) is 2.